The molecule has 2 fully saturated rings. The molecule has 1 aliphatic heterocycles. The van der Waals surface area contributed by atoms with Gasteiger partial charge in [0.1, 0.15) is 11.7 Å². The van der Waals surface area contributed by atoms with E-state index >= 15 is 0 Å². The number of amides is 1. The lowest BCUT2D eigenvalue weighted by molar-refractivity contribution is -0.133. The van der Waals surface area contributed by atoms with Gasteiger partial charge in [0.2, 0.25) is 17.6 Å². The van der Waals surface area contributed by atoms with Gasteiger partial charge in [-0.3, -0.25) is 4.79 Å². The van der Waals surface area contributed by atoms with Crippen molar-refractivity contribution < 1.29 is 9.32 Å². The summed E-state index contributed by atoms with van der Waals surface area (Å²) in [7, 11) is 0. The van der Waals surface area contributed by atoms with Crippen LogP contribution in [0, 0.1) is 12.8 Å². The molecule has 0 spiro atoms. The van der Waals surface area contributed by atoms with Crippen molar-refractivity contribution in [3.63, 3.8) is 0 Å². The van der Waals surface area contributed by atoms with Crippen LogP contribution in [0.1, 0.15) is 43.3 Å². The first-order valence-corrected chi connectivity index (χ1v) is 7.67. The fourth-order valence-corrected chi connectivity index (χ4v) is 2.84. The normalized spacial score (nSPS) is 21.3. The highest BCUT2D eigenvalue weighted by atomic mass is 16.5. The number of carbonyl (C=O) groups excluding carboxylic acids is 1. The average Bonchev–Trinajstić information content (AvgIpc) is 3.07. The van der Waals surface area contributed by atoms with E-state index in [9.17, 15) is 4.79 Å². The van der Waals surface area contributed by atoms with Crippen molar-refractivity contribution in [3.8, 4) is 11.5 Å². The van der Waals surface area contributed by atoms with E-state index in [1.54, 1.807) is 0 Å². The van der Waals surface area contributed by atoms with Gasteiger partial charge in [0.15, 0.2) is 0 Å². The van der Waals surface area contributed by atoms with Crippen LogP contribution < -0.4 is 0 Å². The van der Waals surface area contributed by atoms with Crippen LogP contribution in [0.5, 0.6) is 0 Å². The zero-order valence-electron chi connectivity index (χ0n) is 12.4. The summed E-state index contributed by atoms with van der Waals surface area (Å²) in [6.07, 6.45) is 3.87. The smallest absolute Gasteiger partial charge is 0.249 e. The predicted molar refractivity (Wildman–Crippen MR) is 76.5 cm³/mol. The van der Waals surface area contributed by atoms with Gasteiger partial charge in [-0.2, -0.15) is 10.1 Å². The van der Waals surface area contributed by atoms with Crippen molar-refractivity contribution >= 4 is 5.91 Å². The van der Waals surface area contributed by atoms with E-state index in [-0.39, 0.29) is 17.9 Å². The van der Waals surface area contributed by atoms with Crippen LogP contribution in [-0.4, -0.2) is 37.7 Å². The number of aryl methyl sites for hydroxylation is 1. The molecule has 3 heterocycles. The number of aromatic nitrogens is 4. The Morgan fingerprint density at radius 1 is 1.27 bits per heavy atom. The minimum absolute atomic E-state index is 0.0900. The third-order valence-corrected chi connectivity index (χ3v) is 4.22. The second kappa shape index (κ2) is 5.15. The van der Waals surface area contributed by atoms with Crippen LogP contribution in [0.25, 0.3) is 11.5 Å². The summed E-state index contributed by atoms with van der Waals surface area (Å²) in [5, 5.41) is 12.1. The molecule has 4 rings (SSSR count). The van der Waals surface area contributed by atoms with Gasteiger partial charge in [0, 0.05) is 12.5 Å². The van der Waals surface area contributed by atoms with Crippen LogP contribution in [0.3, 0.4) is 0 Å². The lowest BCUT2D eigenvalue weighted by atomic mass is 10.2. The first-order chi connectivity index (χ1) is 10.7. The summed E-state index contributed by atoms with van der Waals surface area (Å²) >= 11 is 0. The molecule has 1 atom stereocenters. The SMILES string of the molecule is Cc1ccc(-c2noc([C@H]3CCCN3C(=O)C3CC3)n2)nn1. The molecule has 0 N–H and O–H groups in total. The van der Waals surface area contributed by atoms with Crippen LogP contribution in [-0.2, 0) is 4.79 Å². The summed E-state index contributed by atoms with van der Waals surface area (Å²) in [5.41, 5.74) is 1.42. The first-order valence-electron chi connectivity index (χ1n) is 7.67. The molecule has 114 valence electrons. The van der Waals surface area contributed by atoms with Crippen molar-refractivity contribution in [1.29, 1.82) is 0 Å². The second-order valence-electron chi connectivity index (χ2n) is 5.98. The Balaban J connectivity index is 1.57. The molecular weight excluding hydrogens is 282 g/mol. The molecule has 22 heavy (non-hydrogen) atoms. The van der Waals surface area contributed by atoms with E-state index in [1.807, 2.05) is 24.0 Å². The van der Waals surface area contributed by atoms with E-state index in [1.165, 1.54) is 0 Å². The summed E-state index contributed by atoms with van der Waals surface area (Å²) in [4.78, 5) is 18.6. The van der Waals surface area contributed by atoms with Gasteiger partial charge in [0.05, 0.1) is 5.69 Å². The Morgan fingerprint density at radius 2 is 2.14 bits per heavy atom. The fourth-order valence-electron chi connectivity index (χ4n) is 2.84. The lowest BCUT2D eigenvalue weighted by Gasteiger charge is -2.21. The van der Waals surface area contributed by atoms with E-state index < -0.39 is 0 Å². The number of carbonyl (C=O) groups is 1. The summed E-state index contributed by atoms with van der Waals surface area (Å²) in [6, 6.07) is 3.59. The van der Waals surface area contributed by atoms with Gasteiger partial charge in [-0.05, 0) is 44.7 Å². The molecule has 0 unspecified atom stereocenters. The quantitative estimate of drug-likeness (QED) is 0.860. The van der Waals surface area contributed by atoms with Crippen LogP contribution >= 0.6 is 0 Å². The van der Waals surface area contributed by atoms with Crippen molar-refractivity contribution in [3.05, 3.63) is 23.7 Å². The maximum atomic E-state index is 12.3. The molecule has 7 nitrogen and oxygen atoms in total. The standard InChI is InChI=1S/C15H17N5O2/c1-9-4-7-11(18-17-9)13-16-14(22-19-13)12-3-2-8-20(12)15(21)10-5-6-10/h4,7,10,12H,2-3,5-6,8H2,1H3/t12-/m1/s1. The number of hydrogen-bond donors (Lipinski definition) is 0. The average molecular weight is 299 g/mol. The monoisotopic (exact) mass is 299 g/mol. The van der Waals surface area contributed by atoms with Crippen molar-refractivity contribution in [2.24, 2.45) is 5.92 Å². The summed E-state index contributed by atoms with van der Waals surface area (Å²) in [5.74, 6) is 1.38. The maximum Gasteiger partial charge on any atom is 0.249 e. The van der Waals surface area contributed by atoms with Gasteiger partial charge in [0.25, 0.3) is 0 Å². The number of nitrogens with zero attached hydrogens (tertiary/aromatic N) is 5. The zero-order valence-corrected chi connectivity index (χ0v) is 12.4. The highest BCUT2D eigenvalue weighted by molar-refractivity contribution is 5.81. The first kappa shape index (κ1) is 13.4. The molecular formula is C15H17N5O2. The van der Waals surface area contributed by atoms with Gasteiger partial charge in [-0.25, -0.2) is 0 Å². The molecule has 1 aliphatic carbocycles. The van der Waals surface area contributed by atoms with Crippen molar-refractivity contribution in [1.82, 2.24) is 25.2 Å². The largest absolute Gasteiger partial charge is 0.337 e. The maximum absolute atomic E-state index is 12.3. The Morgan fingerprint density at radius 3 is 2.86 bits per heavy atom. The number of likely N-dealkylation sites (tertiary alicyclic amines) is 1. The molecule has 7 heteroatoms. The minimum Gasteiger partial charge on any atom is -0.337 e. The minimum atomic E-state index is -0.0900. The van der Waals surface area contributed by atoms with Gasteiger partial charge >= 0.3 is 0 Å². The molecule has 0 bridgehead atoms. The molecule has 1 saturated carbocycles. The van der Waals surface area contributed by atoms with Crippen LogP contribution in [0.15, 0.2) is 16.7 Å². The van der Waals surface area contributed by atoms with Crippen LogP contribution in [0.4, 0.5) is 0 Å². The zero-order chi connectivity index (χ0) is 15.1. The van der Waals surface area contributed by atoms with E-state index in [4.69, 9.17) is 4.52 Å². The second-order valence-corrected chi connectivity index (χ2v) is 5.98. The number of rotatable bonds is 3. The Kier molecular flexibility index (Phi) is 3.13. The molecule has 1 saturated heterocycles. The summed E-state index contributed by atoms with van der Waals surface area (Å²) < 4.78 is 5.39. The van der Waals surface area contributed by atoms with E-state index in [2.05, 4.69) is 20.3 Å². The number of hydrogen-bond acceptors (Lipinski definition) is 6. The highest BCUT2D eigenvalue weighted by Gasteiger charge is 2.40. The van der Waals surface area contributed by atoms with Crippen molar-refractivity contribution in [2.75, 3.05) is 6.54 Å². The van der Waals surface area contributed by atoms with Gasteiger partial charge in [-0.1, -0.05) is 5.16 Å². The highest BCUT2D eigenvalue weighted by Crippen LogP contribution is 2.38. The predicted octanol–water partition coefficient (Wildman–Crippen LogP) is 1.91. The molecule has 2 aromatic rings. The third kappa shape index (κ3) is 2.36. The van der Waals surface area contributed by atoms with Crippen molar-refractivity contribution in [2.45, 2.75) is 38.6 Å². The van der Waals surface area contributed by atoms with Crippen LogP contribution in [0.2, 0.25) is 0 Å². The third-order valence-electron chi connectivity index (χ3n) is 4.22. The van der Waals surface area contributed by atoms with E-state index in [0.717, 1.165) is 37.9 Å². The Labute approximate surface area is 127 Å². The molecule has 0 radical (unpaired) electrons. The molecule has 2 aromatic heterocycles. The molecule has 2 aliphatic rings. The molecule has 0 aromatic carbocycles. The topological polar surface area (TPSA) is 85.0 Å². The van der Waals surface area contributed by atoms with E-state index in [0.29, 0.717) is 17.4 Å². The fraction of sp³-hybridized carbons (Fsp3) is 0.533. The summed E-state index contributed by atoms with van der Waals surface area (Å²) in [6.45, 7) is 2.65. The van der Waals surface area contributed by atoms with Gasteiger partial charge in [-0.15, -0.1) is 5.10 Å². The Hall–Kier alpha value is -2.31. The molecule has 1 amide bonds. The lowest BCUT2D eigenvalue weighted by Crippen LogP contribution is -2.31. The Bertz CT molecular complexity index is 692. The van der Waals surface area contributed by atoms with Gasteiger partial charge < -0.3 is 9.42 Å².